The maximum absolute atomic E-state index is 12.2. The Morgan fingerprint density at radius 1 is 1.04 bits per heavy atom. The summed E-state index contributed by atoms with van der Waals surface area (Å²) >= 11 is 3.21. The summed E-state index contributed by atoms with van der Waals surface area (Å²) in [4.78, 5) is 12.2. The summed E-state index contributed by atoms with van der Waals surface area (Å²) in [5.41, 5.74) is 4.51. The second kappa shape index (κ2) is 9.80. The summed E-state index contributed by atoms with van der Waals surface area (Å²) in [5.74, 6) is 2.89. The van der Waals surface area contributed by atoms with Gasteiger partial charge in [0.05, 0.1) is 11.5 Å². The van der Waals surface area contributed by atoms with Crippen LogP contribution in [0.2, 0.25) is 0 Å². The first-order chi connectivity index (χ1) is 13.5. The van der Waals surface area contributed by atoms with E-state index in [-0.39, 0.29) is 5.91 Å². The van der Waals surface area contributed by atoms with E-state index in [1.165, 1.54) is 22.9 Å². The third kappa shape index (κ3) is 5.87. The Morgan fingerprint density at radius 3 is 2.57 bits per heavy atom. The lowest BCUT2D eigenvalue weighted by molar-refractivity contribution is -0.113. The average Bonchev–Trinajstić information content (AvgIpc) is 3.02. The van der Waals surface area contributed by atoms with Crippen LogP contribution < -0.4 is 5.32 Å². The van der Waals surface area contributed by atoms with Gasteiger partial charge in [-0.2, -0.15) is 0 Å². The first-order valence-electron chi connectivity index (χ1n) is 9.02. The van der Waals surface area contributed by atoms with Gasteiger partial charge in [-0.05, 0) is 37.1 Å². The van der Waals surface area contributed by atoms with E-state index in [0.29, 0.717) is 5.75 Å². The molecule has 1 aromatic heterocycles. The maximum Gasteiger partial charge on any atom is 0.234 e. The van der Waals surface area contributed by atoms with E-state index in [0.717, 1.165) is 33.7 Å². The summed E-state index contributed by atoms with van der Waals surface area (Å²) in [5, 5.41) is 12.2. The lowest BCUT2D eigenvalue weighted by Crippen LogP contribution is -2.14. The molecule has 5 nitrogen and oxygen atoms in total. The Hall–Kier alpha value is -2.25. The Kier molecular flexibility index (Phi) is 7.17. The van der Waals surface area contributed by atoms with Gasteiger partial charge in [-0.1, -0.05) is 53.7 Å². The highest BCUT2D eigenvalue weighted by atomic mass is 32.2. The standard InChI is InChI=1S/C21H24N4OS2/c1-15-7-9-17(10-8-15)12-27-13-19-23-24-21(25(19)3)28-14-20(26)22-18-6-4-5-16(2)11-18/h4-11H,12-14H2,1-3H3,(H,22,26). The summed E-state index contributed by atoms with van der Waals surface area (Å²) in [6, 6.07) is 16.4. The maximum atomic E-state index is 12.2. The van der Waals surface area contributed by atoms with Crippen molar-refractivity contribution >= 4 is 35.1 Å². The fourth-order valence-electron chi connectivity index (χ4n) is 2.59. The molecule has 0 spiro atoms. The zero-order valence-electron chi connectivity index (χ0n) is 16.3. The third-order valence-electron chi connectivity index (χ3n) is 4.18. The largest absolute Gasteiger partial charge is 0.325 e. The van der Waals surface area contributed by atoms with Crippen LogP contribution in [0.3, 0.4) is 0 Å². The van der Waals surface area contributed by atoms with Crippen molar-refractivity contribution in [3.63, 3.8) is 0 Å². The number of carbonyl (C=O) groups is 1. The molecule has 0 bridgehead atoms. The molecule has 0 aliphatic carbocycles. The highest BCUT2D eigenvalue weighted by molar-refractivity contribution is 7.99. The average molecular weight is 413 g/mol. The van der Waals surface area contributed by atoms with Gasteiger partial charge < -0.3 is 9.88 Å². The molecule has 1 N–H and O–H groups in total. The molecule has 28 heavy (non-hydrogen) atoms. The van der Waals surface area contributed by atoms with Crippen molar-refractivity contribution in [3.8, 4) is 0 Å². The lowest BCUT2D eigenvalue weighted by Gasteiger charge is -2.06. The van der Waals surface area contributed by atoms with Crippen LogP contribution in [0.15, 0.2) is 53.7 Å². The number of thioether (sulfide) groups is 2. The molecule has 0 saturated heterocycles. The van der Waals surface area contributed by atoms with Gasteiger partial charge >= 0.3 is 0 Å². The van der Waals surface area contributed by atoms with E-state index in [4.69, 9.17) is 0 Å². The molecule has 0 saturated carbocycles. The van der Waals surface area contributed by atoms with Crippen LogP contribution in [0, 0.1) is 13.8 Å². The third-order valence-corrected chi connectivity index (χ3v) is 6.20. The summed E-state index contributed by atoms with van der Waals surface area (Å²) in [6.45, 7) is 4.10. The summed E-state index contributed by atoms with van der Waals surface area (Å²) in [6.07, 6.45) is 0. The number of carbonyl (C=O) groups excluding carboxylic acids is 1. The van der Waals surface area contributed by atoms with Crippen LogP contribution in [0.5, 0.6) is 0 Å². The number of benzene rings is 2. The highest BCUT2D eigenvalue weighted by Crippen LogP contribution is 2.21. The smallest absolute Gasteiger partial charge is 0.234 e. The van der Waals surface area contributed by atoms with E-state index in [2.05, 4.69) is 46.7 Å². The molecule has 0 aliphatic heterocycles. The van der Waals surface area contributed by atoms with Gasteiger partial charge in [-0.25, -0.2) is 0 Å². The molecule has 0 radical (unpaired) electrons. The Balaban J connectivity index is 1.47. The molecule has 0 atom stereocenters. The molecule has 1 amide bonds. The number of rotatable bonds is 8. The minimum absolute atomic E-state index is 0.0473. The van der Waals surface area contributed by atoms with Crippen LogP contribution in [-0.4, -0.2) is 26.4 Å². The molecule has 0 fully saturated rings. The van der Waals surface area contributed by atoms with E-state index >= 15 is 0 Å². The quantitative estimate of drug-likeness (QED) is 0.548. The zero-order chi connectivity index (χ0) is 19.9. The highest BCUT2D eigenvalue weighted by Gasteiger charge is 2.12. The van der Waals surface area contributed by atoms with Crippen LogP contribution in [0.25, 0.3) is 0 Å². The SMILES string of the molecule is Cc1ccc(CSCc2nnc(SCC(=O)Nc3cccc(C)c3)n2C)cc1. The van der Waals surface area contributed by atoms with Crippen molar-refractivity contribution in [2.24, 2.45) is 7.05 Å². The molecule has 0 aliphatic rings. The van der Waals surface area contributed by atoms with Gasteiger partial charge in [-0.15, -0.1) is 22.0 Å². The molecule has 1 heterocycles. The normalized spacial score (nSPS) is 10.8. The number of aromatic nitrogens is 3. The number of aryl methyl sites for hydroxylation is 2. The minimum atomic E-state index is -0.0473. The van der Waals surface area contributed by atoms with E-state index in [9.17, 15) is 4.79 Å². The molecule has 3 rings (SSSR count). The number of nitrogens with zero attached hydrogens (tertiary/aromatic N) is 3. The van der Waals surface area contributed by atoms with Gasteiger partial charge in [-0.3, -0.25) is 4.79 Å². The molecule has 3 aromatic rings. The van der Waals surface area contributed by atoms with Crippen LogP contribution in [0.1, 0.15) is 22.5 Å². The molecule has 2 aromatic carbocycles. The van der Waals surface area contributed by atoms with Crippen molar-refractivity contribution < 1.29 is 4.79 Å². The Labute approximate surface area is 174 Å². The predicted molar refractivity (Wildman–Crippen MR) is 118 cm³/mol. The van der Waals surface area contributed by atoms with Crippen LogP contribution in [0.4, 0.5) is 5.69 Å². The molecular formula is C21H24N4OS2. The van der Waals surface area contributed by atoms with Crippen molar-refractivity contribution in [3.05, 3.63) is 71.0 Å². The van der Waals surface area contributed by atoms with Gasteiger partial charge in [0.15, 0.2) is 5.16 Å². The van der Waals surface area contributed by atoms with Crippen LogP contribution in [-0.2, 0) is 23.3 Å². The predicted octanol–water partition coefficient (Wildman–Crippen LogP) is 4.60. The van der Waals surface area contributed by atoms with E-state index in [1.54, 1.807) is 0 Å². The molecular weight excluding hydrogens is 388 g/mol. The number of hydrogen-bond acceptors (Lipinski definition) is 5. The van der Waals surface area contributed by atoms with Gasteiger partial charge in [0.1, 0.15) is 5.82 Å². The lowest BCUT2D eigenvalue weighted by atomic mass is 10.2. The molecule has 0 unspecified atom stereocenters. The summed E-state index contributed by atoms with van der Waals surface area (Å²) < 4.78 is 1.97. The zero-order valence-corrected chi connectivity index (χ0v) is 17.9. The Bertz CT molecular complexity index is 938. The first kappa shape index (κ1) is 20.5. The second-order valence-corrected chi connectivity index (χ2v) is 8.57. The van der Waals surface area contributed by atoms with Gasteiger partial charge in [0, 0.05) is 18.5 Å². The van der Waals surface area contributed by atoms with Crippen molar-refractivity contribution in [1.82, 2.24) is 14.8 Å². The van der Waals surface area contributed by atoms with Crippen molar-refractivity contribution in [2.45, 2.75) is 30.5 Å². The monoisotopic (exact) mass is 412 g/mol. The first-order valence-corrected chi connectivity index (χ1v) is 11.2. The number of hydrogen-bond donors (Lipinski definition) is 1. The van der Waals surface area contributed by atoms with E-state index < -0.39 is 0 Å². The van der Waals surface area contributed by atoms with Gasteiger partial charge in [0.25, 0.3) is 0 Å². The number of amides is 1. The fraction of sp³-hybridized carbons (Fsp3) is 0.286. The fourth-order valence-corrected chi connectivity index (χ4v) is 4.29. The minimum Gasteiger partial charge on any atom is -0.325 e. The molecule has 146 valence electrons. The number of nitrogens with one attached hydrogen (secondary N) is 1. The van der Waals surface area contributed by atoms with Crippen LogP contribution >= 0.6 is 23.5 Å². The number of anilines is 1. The van der Waals surface area contributed by atoms with Gasteiger partial charge in [0.2, 0.25) is 5.91 Å². The van der Waals surface area contributed by atoms with E-state index in [1.807, 2.05) is 54.6 Å². The Morgan fingerprint density at radius 2 is 1.82 bits per heavy atom. The molecule has 7 heteroatoms. The summed E-state index contributed by atoms with van der Waals surface area (Å²) in [7, 11) is 1.95. The topological polar surface area (TPSA) is 59.8 Å². The van der Waals surface area contributed by atoms with Crippen molar-refractivity contribution in [2.75, 3.05) is 11.1 Å². The van der Waals surface area contributed by atoms with Crippen molar-refractivity contribution in [1.29, 1.82) is 0 Å². The second-order valence-electron chi connectivity index (χ2n) is 6.64.